The van der Waals surface area contributed by atoms with Crippen LogP contribution in [0.4, 0.5) is 4.79 Å². The minimum atomic E-state index is -1.15. The lowest BCUT2D eigenvalue weighted by atomic mass is 10.0. The molecular weight excluding hydrogens is 310 g/mol. The largest absolute Gasteiger partial charge is 0.508 e. The molecule has 6 nitrogen and oxygen atoms in total. The molecule has 0 unspecified atom stereocenters. The zero-order valence-electron chi connectivity index (χ0n) is 13.2. The second-order valence-electron chi connectivity index (χ2n) is 5.41. The lowest BCUT2D eigenvalue weighted by molar-refractivity contribution is -0.139. The van der Waals surface area contributed by atoms with Gasteiger partial charge in [0.2, 0.25) is 0 Å². The van der Waals surface area contributed by atoms with Crippen molar-refractivity contribution < 1.29 is 24.5 Å². The molecule has 6 heteroatoms. The topological polar surface area (TPSA) is 95.9 Å². The molecule has 0 aliphatic rings. The molecule has 0 fully saturated rings. The molecule has 0 heterocycles. The van der Waals surface area contributed by atoms with Crippen molar-refractivity contribution >= 4 is 12.1 Å². The van der Waals surface area contributed by atoms with Crippen LogP contribution < -0.4 is 5.32 Å². The Kier molecular flexibility index (Phi) is 5.78. The van der Waals surface area contributed by atoms with Crippen molar-refractivity contribution in [3.8, 4) is 5.75 Å². The Balaban J connectivity index is 1.95. The number of alkyl carbamates (subject to hydrolysis) is 1. The van der Waals surface area contributed by atoms with E-state index in [4.69, 9.17) is 4.74 Å². The summed E-state index contributed by atoms with van der Waals surface area (Å²) < 4.78 is 5.04. The Labute approximate surface area is 139 Å². The van der Waals surface area contributed by atoms with E-state index in [9.17, 15) is 19.8 Å². The molecule has 24 heavy (non-hydrogen) atoms. The SMILES string of the molecule is Cc1cc(O)ccc1C[C@H](NC(=O)OCc1ccccc1)C(=O)O. The maximum Gasteiger partial charge on any atom is 0.408 e. The summed E-state index contributed by atoms with van der Waals surface area (Å²) in [6.07, 6.45) is -0.690. The number of rotatable bonds is 6. The van der Waals surface area contributed by atoms with Gasteiger partial charge in [-0.15, -0.1) is 0 Å². The smallest absolute Gasteiger partial charge is 0.408 e. The molecule has 0 radical (unpaired) electrons. The maximum atomic E-state index is 11.8. The molecular formula is C18H19NO5. The second kappa shape index (κ2) is 8.01. The summed E-state index contributed by atoms with van der Waals surface area (Å²) in [7, 11) is 0. The first-order chi connectivity index (χ1) is 11.5. The summed E-state index contributed by atoms with van der Waals surface area (Å²) in [6, 6.07) is 12.7. The van der Waals surface area contributed by atoms with Crippen molar-refractivity contribution in [1.29, 1.82) is 0 Å². The standard InChI is InChI=1S/C18H19NO5/c1-12-9-15(20)8-7-14(12)10-16(17(21)22)19-18(23)24-11-13-5-3-2-4-6-13/h2-9,16,20H,10-11H2,1H3,(H,19,23)(H,21,22)/t16-/m0/s1. The number of phenolic OH excluding ortho intramolecular Hbond substituents is 1. The Morgan fingerprint density at radius 3 is 2.50 bits per heavy atom. The fraction of sp³-hybridized carbons (Fsp3) is 0.222. The van der Waals surface area contributed by atoms with Crippen LogP contribution in [0.15, 0.2) is 48.5 Å². The van der Waals surface area contributed by atoms with Crippen LogP contribution in [0, 0.1) is 6.92 Å². The summed E-state index contributed by atoms with van der Waals surface area (Å²) in [5.74, 6) is -1.04. The molecule has 0 bridgehead atoms. The monoisotopic (exact) mass is 329 g/mol. The Bertz CT molecular complexity index is 715. The van der Waals surface area contributed by atoms with Gasteiger partial charge in [0.1, 0.15) is 18.4 Å². The molecule has 0 aliphatic carbocycles. The number of hydrogen-bond acceptors (Lipinski definition) is 4. The van der Waals surface area contributed by atoms with Gasteiger partial charge in [0.05, 0.1) is 0 Å². The van der Waals surface area contributed by atoms with Crippen LogP contribution in [-0.4, -0.2) is 28.3 Å². The van der Waals surface area contributed by atoms with Crippen molar-refractivity contribution in [2.45, 2.75) is 26.0 Å². The number of hydrogen-bond donors (Lipinski definition) is 3. The van der Waals surface area contributed by atoms with Crippen molar-refractivity contribution in [2.24, 2.45) is 0 Å². The van der Waals surface area contributed by atoms with Crippen LogP contribution in [-0.2, 0) is 22.6 Å². The van der Waals surface area contributed by atoms with Crippen LogP contribution in [0.3, 0.4) is 0 Å². The van der Waals surface area contributed by atoms with Crippen LogP contribution in [0.5, 0.6) is 5.75 Å². The van der Waals surface area contributed by atoms with E-state index >= 15 is 0 Å². The molecule has 1 amide bonds. The van der Waals surface area contributed by atoms with Gasteiger partial charge in [0, 0.05) is 6.42 Å². The number of amides is 1. The molecule has 0 saturated carbocycles. The Hall–Kier alpha value is -3.02. The number of nitrogens with one attached hydrogen (secondary N) is 1. The van der Waals surface area contributed by atoms with Crippen molar-refractivity contribution in [3.05, 3.63) is 65.2 Å². The predicted molar refractivity (Wildman–Crippen MR) is 87.7 cm³/mol. The van der Waals surface area contributed by atoms with Gasteiger partial charge in [0.25, 0.3) is 0 Å². The molecule has 2 aromatic carbocycles. The molecule has 1 atom stereocenters. The number of aromatic hydroxyl groups is 1. The van der Waals surface area contributed by atoms with Crippen LogP contribution in [0.25, 0.3) is 0 Å². The van der Waals surface area contributed by atoms with Gasteiger partial charge in [0.15, 0.2) is 0 Å². The number of aliphatic carboxylic acids is 1. The summed E-state index contributed by atoms with van der Waals surface area (Å²) >= 11 is 0. The van der Waals surface area contributed by atoms with Gasteiger partial charge in [-0.25, -0.2) is 9.59 Å². The normalized spacial score (nSPS) is 11.5. The Morgan fingerprint density at radius 1 is 1.17 bits per heavy atom. The zero-order valence-corrected chi connectivity index (χ0v) is 13.2. The summed E-state index contributed by atoms with van der Waals surface area (Å²) in [6.45, 7) is 1.83. The van der Waals surface area contributed by atoms with Crippen molar-refractivity contribution in [3.63, 3.8) is 0 Å². The Morgan fingerprint density at radius 2 is 1.88 bits per heavy atom. The highest BCUT2D eigenvalue weighted by molar-refractivity contribution is 5.80. The van der Waals surface area contributed by atoms with E-state index in [2.05, 4.69) is 5.32 Å². The van der Waals surface area contributed by atoms with E-state index < -0.39 is 18.1 Å². The third kappa shape index (κ3) is 5.01. The van der Waals surface area contributed by atoms with Crippen LogP contribution >= 0.6 is 0 Å². The first-order valence-electron chi connectivity index (χ1n) is 7.44. The fourth-order valence-electron chi connectivity index (χ4n) is 2.24. The fourth-order valence-corrected chi connectivity index (χ4v) is 2.24. The number of benzene rings is 2. The van der Waals surface area contributed by atoms with E-state index in [-0.39, 0.29) is 18.8 Å². The summed E-state index contributed by atoms with van der Waals surface area (Å²) in [5.41, 5.74) is 2.29. The lowest BCUT2D eigenvalue weighted by Gasteiger charge is -2.16. The number of carboxylic acids is 1. The average molecular weight is 329 g/mol. The number of phenols is 1. The molecule has 2 rings (SSSR count). The number of carbonyl (C=O) groups is 2. The highest BCUT2D eigenvalue weighted by Gasteiger charge is 2.22. The van der Waals surface area contributed by atoms with Crippen molar-refractivity contribution in [2.75, 3.05) is 0 Å². The second-order valence-corrected chi connectivity index (χ2v) is 5.41. The average Bonchev–Trinajstić information content (AvgIpc) is 2.55. The lowest BCUT2D eigenvalue weighted by Crippen LogP contribution is -2.42. The molecule has 0 spiro atoms. The van der Waals surface area contributed by atoms with E-state index in [0.717, 1.165) is 16.7 Å². The summed E-state index contributed by atoms with van der Waals surface area (Å²) in [4.78, 5) is 23.2. The molecule has 0 aromatic heterocycles. The quantitative estimate of drug-likeness (QED) is 0.757. The number of carbonyl (C=O) groups excluding carboxylic acids is 1. The van der Waals surface area contributed by atoms with Gasteiger partial charge in [-0.3, -0.25) is 0 Å². The van der Waals surface area contributed by atoms with E-state index in [1.54, 1.807) is 19.1 Å². The molecule has 2 aromatic rings. The van der Waals surface area contributed by atoms with Gasteiger partial charge in [-0.05, 0) is 35.7 Å². The van der Waals surface area contributed by atoms with Gasteiger partial charge < -0.3 is 20.3 Å². The third-order valence-electron chi connectivity index (χ3n) is 3.55. The van der Waals surface area contributed by atoms with E-state index in [1.165, 1.54) is 6.07 Å². The molecule has 0 aliphatic heterocycles. The molecule has 3 N–H and O–H groups in total. The first kappa shape index (κ1) is 17.3. The van der Waals surface area contributed by atoms with Gasteiger partial charge in [-0.2, -0.15) is 0 Å². The minimum Gasteiger partial charge on any atom is -0.508 e. The highest BCUT2D eigenvalue weighted by atomic mass is 16.5. The van der Waals surface area contributed by atoms with Gasteiger partial charge >= 0.3 is 12.1 Å². The number of aryl methyl sites for hydroxylation is 1. The third-order valence-corrected chi connectivity index (χ3v) is 3.55. The zero-order chi connectivity index (χ0) is 17.5. The summed E-state index contributed by atoms with van der Waals surface area (Å²) in [5, 5.41) is 21.0. The first-order valence-corrected chi connectivity index (χ1v) is 7.44. The van der Waals surface area contributed by atoms with Crippen molar-refractivity contribution in [1.82, 2.24) is 5.32 Å². The molecule has 126 valence electrons. The minimum absolute atomic E-state index is 0.0667. The predicted octanol–water partition coefficient (Wildman–Crippen LogP) is 2.62. The van der Waals surface area contributed by atoms with Gasteiger partial charge in [-0.1, -0.05) is 36.4 Å². The number of ether oxygens (including phenoxy) is 1. The maximum absolute atomic E-state index is 11.8. The number of carboxylic acid groups (broad SMARTS) is 1. The highest BCUT2D eigenvalue weighted by Crippen LogP contribution is 2.17. The van der Waals surface area contributed by atoms with E-state index in [1.807, 2.05) is 30.3 Å². The van der Waals surface area contributed by atoms with E-state index in [0.29, 0.717) is 0 Å². The molecule has 0 saturated heterocycles. The van der Waals surface area contributed by atoms with Crippen LogP contribution in [0.2, 0.25) is 0 Å². The van der Waals surface area contributed by atoms with Crippen LogP contribution in [0.1, 0.15) is 16.7 Å².